The summed E-state index contributed by atoms with van der Waals surface area (Å²) in [5.74, 6) is -2.37. The fraction of sp³-hybridized carbons (Fsp3) is 0.357. The van der Waals surface area contributed by atoms with Crippen molar-refractivity contribution in [1.29, 1.82) is 0 Å². The van der Waals surface area contributed by atoms with Gasteiger partial charge in [0.15, 0.2) is 6.61 Å². The highest BCUT2D eigenvalue weighted by atomic mass is 19.3. The topological polar surface area (TPSA) is 84.9 Å². The Morgan fingerprint density at radius 3 is 2.48 bits per heavy atom. The molecule has 1 rings (SSSR count). The van der Waals surface area contributed by atoms with Gasteiger partial charge in [-0.1, -0.05) is 12.1 Å². The largest absolute Gasteiger partial charge is 0.452 e. The molecule has 0 aliphatic rings. The number of nitrogens with one attached hydrogen (secondary N) is 1. The first kappa shape index (κ1) is 18.3. The monoisotopic (exact) mass is 330 g/mol. The van der Waals surface area contributed by atoms with Crippen LogP contribution < -0.4 is 10.1 Å². The minimum atomic E-state index is -3.09. The summed E-state index contributed by atoms with van der Waals surface area (Å²) in [7, 11) is 3.04. The highest BCUT2D eigenvalue weighted by Gasteiger charge is 2.17. The molecule has 126 valence electrons. The quantitative estimate of drug-likeness (QED) is 0.742. The van der Waals surface area contributed by atoms with Crippen LogP contribution in [0.5, 0.6) is 5.75 Å². The molecule has 1 aromatic carbocycles. The van der Waals surface area contributed by atoms with Crippen LogP contribution in [-0.4, -0.2) is 56.5 Å². The number of amides is 2. The van der Waals surface area contributed by atoms with Gasteiger partial charge in [-0.15, -0.1) is 0 Å². The number of nitrogens with zero attached hydrogens (tertiary/aromatic N) is 1. The molecule has 0 saturated heterocycles. The Morgan fingerprint density at radius 1 is 1.22 bits per heavy atom. The van der Waals surface area contributed by atoms with E-state index in [1.165, 1.54) is 43.3 Å². The van der Waals surface area contributed by atoms with Gasteiger partial charge < -0.3 is 19.7 Å². The molecule has 0 spiro atoms. The van der Waals surface area contributed by atoms with Crippen LogP contribution in [0.15, 0.2) is 24.3 Å². The number of para-hydroxylation sites is 1. The van der Waals surface area contributed by atoms with Gasteiger partial charge in [0.2, 0.25) is 5.91 Å². The van der Waals surface area contributed by atoms with Gasteiger partial charge in [0.1, 0.15) is 11.3 Å². The molecule has 1 N–H and O–H groups in total. The van der Waals surface area contributed by atoms with Crippen LogP contribution in [0.4, 0.5) is 8.78 Å². The number of carbonyl (C=O) groups is 3. The summed E-state index contributed by atoms with van der Waals surface area (Å²) in [6, 6.07) is 5.25. The second-order valence-electron chi connectivity index (χ2n) is 4.52. The first-order chi connectivity index (χ1) is 10.8. The van der Waals surface area contributed by atoms with Crippen LogP contribution in [0.25, 0.3) is 0 Å². The van der Waals surface area contributed by atoms with Crippen molar-refractivity contribution in [3.05, 3.63) is 29.8 Å². The maximum absolute atomic E-state index is 12.2. The van der Waals surface area contributed by atoms with Crippen molar-refractivity contribution in [3.63, 3.8) is 0 Å². The third kappa shape index (κ3) is 6.29. The molecule has 0 aromatic heterocycles. The predicted molar refractivity (Wildman–Crippen MR) is 75.1 cm³/mol. The van der Waals surface area contributed by atoms with Gasteiger partial charge in [0.25, 0.3) is 5.91 Å². The molecule has 0 unspecified atom stereocenters. The number of halogens is 2. The average Bonchev–Trinajstić information content (AvgIpc) is 2.50. The van der Waals surface area contributed by atoms with E-state index in [2.05, 4.69) is 10.1 Å². The van der Waals surface area contributed by atoms with Crippen molar-refractivity contribution < 1.29 is 32.6 Å². The van der Waals surface area contributed by atoms with Gasteiger partial charge in [-0.05, 0) is 12.1 Å². The minimum absolute atomic E-state index is 0.232. The van der Waals surface area contributed by atoms with Gasteiger partial charge in [-0.3, -0.25) is 9.59 Å². The first-order valence-electron chi connectivity index (χ1n) is 6.49. The zero-order valence-electron chi connectivity index (χ0n) is 12.5. The number of esters is 1. The number of benzene rings is 1. The molecular weight excluding hydrogens is 314 g/mol. The van der Waals surface area contributed by atoms with Crippen LogP contribution >= 0.6 is 0 Å². The van der Waals surface area contributed by atoms with Gasteiger partial charge >= 0.3 is 12.6 Å². The van der Waals surface area contributed by atoms with Crippen molar-refractivity contribution in [2.45, 2.75) is 6.61 Å². The highest BCUT2D eigenvalue weighted by Crippen LogP contribution is 2.20. The zero-order chi connectivity index (χ0) is 17.4. The fourth-order valence-corrected chi connectivity index (χ4v) is 1.43. The molecule has 1 aromatic rings. The highest BCUT2D eigenvalue weighted by molar-refractivity contribution is 5.94. The molecule has 0 bridgehead atoms. The molecule has 0 aliphatic carbocycles. The third-order valence-electron chi connectivity index (χ3n) is 2.59. The summed E-state index contributed by atoms with van der Waals surface area (Å²) in [6.45, 7) is -3.99. The van der Waals surface area contributed by atoms with Gasteiger partial charge in [0.05, 0.1) is 6.54 Å². The van der Waals surface area contributed by atoms with Crippen molar-refractivity contribution >= 4 is 17.8 Å². The van der Waals surface area contributed by atoms with Crippen LogP contribution in [-0.2, 0) is 14.3 Å². The Morgan fingerprint density at radius 2 is 1.87 bits per heavy atom. The van der Waals surface area contributed by atoms with E-state index in [1.54, 1.807) is 0 Å². The number of carbonyl (C=O) groups excluding carboxylic acids is 3. The average molecular weight is 330 g/mol. The lowest BCUT2D eigenvalue weighted by atomic mass is 10.2. The molecule has 23 heavy (non-hydrogen) atoms. The molecule has 0 radical (unpaired) electrons. The summed E-state index contributed by atoms with van der Waals surface area (Å²) < 4.78 is 33.4. The summed E-state index contributed by atoms with van der Waals surface area (Å²) in [5.41, 5.74) is -0.232. The number of likely N-dealkylation sites (N-methyl/N-ethyl adjacent to an activating group) is 1. The molecule has 7 nitrogen and oxygen atoms in total. The smallest absolute Gasteiger partial charge is 0.387 e. The van der Waals surface area contributed by atoms with E-state index in [0.29, 0.717) is 0 Å². The number of alkyl halides is 2. The Balaban J connectivity index is 2.54. The molecule has 9 heteroatoms. The van der Waals surface area contributed by atoms with E-state index >= 15 is 0 Å². The van der Waals surface area contributed by atoms with Crippen molar-refractivity contribution in [2.24, 2.45) is 0 Å². The lowest BCUT2D eigenvalue weighted by Crippen LogP contribution is -2.38. The molecule has 0 heterocycles. The molecule has 2 amide bonds. The normalized spacial score (nSPS) is 10.1. The van der Waals surface area contributed by atoms with Gasteiger partial charge in [-0.2, -0.15) is 8.78 Å². The summed E-state index contributed by atoms with van der Waals surface area (Å²) in [6.07, 6.45) is 0. The third-order valence-corrected chi connectivity index (χ3v) is 2.59. The second kappa shape index (κ2) is 8.66. The van der Waals surface area contributed by atoms with Crippen molar-refractivity contribution in [1.82, 2.24) is 10.2 Å². The van der Waals surface area contributed by atoms with Crippen molar-refractivity contribution in [3.8, 4) is 5.75 Å². The maximum atomic E-state index is 12.2. The number of hydrogen-bond acceptors (Lipinski definition) is 5. The lowest BCUT2D eigenvalue weighted by Gasteiger charge is -2.12. The summed E-state index contributed by atoms with van der Waals surface area (Å²) in [4.78, 5) is 35.8. The minimum Gasteiger partial charge on any atom is -0.452 e. The van der Waals surface area contributed by atoms with Crippen LogP contribution in [0.1, 0.15) is 10.4 Å². The molecule has 0 fully saturated rings. The van der Waals surface area contributed by atoms with Crippen LogP contribution in [0.2, 0.25) is 0 Å². The zero-order valence-corrected chi connectivity index (χ0v) is 12.5. The van der Waals surface area contributed by atoms with E-state index < -0.39 is 25.1 Å². The lowest BCUT2D eigenvalue weighted by molar-refractivity contribution is -0.131. The second-order valence-corrected chi connectivity index (χ2v) is 4.52. The van der Waals surface area contributed by atoms with Gasteiger partial charge in [-0.25, -0.2) is 4.79 Å². The van der Waals surface area contributed by atoms with E-state index in [0.717, 1.165) is 0 Å². The fourth-order valence-electron chi connectivity index (χ4n) is 1.43. The van der Waals surface area contributed by atoms with Crippen LogP contribution in [0, 0.1) is 0 Å². The number of hydrogen-bond donors (Lipinski definition) is 1. The Labute approximate surface area is 131 Å². The molecule has 0 aliphatic heterocycles. The Bertz CT molecular complexity index is 578. The maximum Gasteiger partial charge on any atom is 0.387 e. The number of ether oxygens (including phenoxy) is 2. The van der Waals surface area contributed by atoms with E-state index in [-0.39, 0.29) is 23.8 Å². The van der Waals surface area contributed by atoms with Gasteiger partial charge in [0, 0.05) is 14.1 Å². The molecule has 0 saturated carbocycles. The molecular formula is C14H16F2N2O5. The summed E-state index contributed by atoms with van der Waals surface area (Å²) in [5, 5.41) is 2.26. The standard InChI is InChI=1S/C14H16F2N2O5/c1-18(2)12(20)7-17-11(19)8-22-13(21)9-5-3-4-6-10(9)23-14(15)16/h3-6,14H,7-8H2,1-2H3,(H,17,19). The molecule has 0 atom stereocenters. The predicted octanol–water partition coefficient (Wildman–Crippen LogP) is 0.649. The SMILES string of the molecule is CN(C)C(=O)CNC(=O)COC(=O)c1ccccc1OC(F)F. The van der Waals surface area contributed by atoms with Crippen molar-refractivity contribution in [2.75, 3.05) is 27.2 Å². The van der Waals surface area contributed by atoms with Crippen LogP contribution in [0.3, 0.4) is 0 Å². The number of rotatable bonds is 7. The Kier molecular flexibility index (Phi) is 6.91. The Hall–Kier alpha value is -2.71. The van der Waals surface area contributed by atoms with E-state index in [4.69, 9.17) is 4.74 Å². The first-order valence-corrected chi connectivity index (χ1v) is 6.49. The summed E-state index contributed by atoms with van der Waals surface area (Å²) >= 11 is 0. The van der Waals surface area contributed by atoms with E-state index in [1.807, 2.05) is 0 Å². The van der Waals surface area contributed by atoms with E-state index in [9.17, 15) is 23.2 Å².